The zero-order valence-corrected chi connectivity index (χ0v) is 13.3. The molecule has 3 aromatic rings. The number of hydrogen-bond donors (Lipinski definition) is 2. The van der Waals surface area contributed by atoms with Crippen molar-refractivity contribution in [2.45, 2.75) is 13.0 Å². The summed E-state index contributed by atoms with van der Waals surface area (Å²) in [5, 5.41) is 4.26. The molecule has 1 unspecified atom stereocenters. The number of benzene rings is 1. The second kappa shape index (κ2) is 6.48. The highest BCUT2D eigenvalue weighted by molar-refractivity contribution is 5.87. The molecule has 2 heterocycles. The summed E-state index contributed by atoms with van der Waals surface area (Å²) >= 11 is 0. The molecule has 0 aliphatic carbocycles. The van der Waals surface area contributed by atoms with E-state index in [-0.39, 0.29) is 0 Å². The van der Waals surface area contributed by atoms with Crippen molar-refractivity contribution in [2.24, 2.45) is 0 Å². The number of anilines is 3. The molecule has 0 aliphatic rings. The van der Waals surface area contributed by atoms with E-state index in [0.29, 0.717) is 17.5 Å². The van der Waals surface area contributed by atoms with Crippen LogP contribution in [0.25, 0.3) is 11.0 Å². The molecule has 0 saturated carbocycles. The standard InChI is InChI=1S/C17H20N6/c1-12(23(2)13-6-4-3-5-7-13)10-19-16-14-8-9-15(18)22-17(14)21-11-20-16/h3-9,11-12H,10H2,1-2H3,(H3,18,19,20,21,22). The van der Waals surface area contributed by atoms with Crippen molar-refractivity contribution in [3.63, 3.8) is 0 Å². The van der Waals surface area contributed by atoms with Crippen LogP contribution < -0.4 is 16.0 Å². The van der Waals surface area contributed by atoms with Crippen LogP contribution in [0.2, 0.25) is 0 Å². The van der Waals surface area contributed by atoms with Gasteiger partial charge in [0.05, 0.1) is 5.39 Å². The topological polar surface area (TPSA) is 80.0 Å². The first-order chi connectivity index (χ1) is 11.1. The average Bonchev–Trinajstić information content (AvgIpc) is 2.59. The van der Waals surface area contributed by atoms with Crippen LogP contribution in [0.5, 0.6) is 0 Å². The Morgan fingerprint density at radius 2 is 1.91 bits per heavy atom. The van der Waals surface area contributed by atoms with Gasteiger partial charge in [-0.25, -0.2) is 15.0 Å². The quantitative estimate of drug-likeness (QED) is 0.754. The van der Waals surface area contributed by atoms with E-state index in [1.807, 2.05) is 24.3 Å². The van der Waals surface area contributed by atoms with Gasteiger partial charge in [0.2, 0.25) is 0 Å². The first-order valence-electron chi connectivity index (χ1n) is 7.54. The molecule has 6 heteroatoms. The molecule has 6 nitrogen and oxygen atoms in total. The van der Waals surface area contributed by atoms with Gasteiger partial charge < -0.3 is 16.0 Å². The molecule has 0 amide bonds. The monoisotopic (exact) mass is 308 g/mol. The van der Waals surface area contributed by atoms with Crippen molar-refractivity contribution >= 4 is 28.4 Å². The number of likely N-dealkylation sites (N-methyl/N-ethyl adjacent to an activating group) is 1. The summed E-state index contributed by atoms with van der Waals surface area (Å²) in [6.07, 6.45) is 1.50. The maximum Gasteiger partial charge on any atom is 0.166 e. The molecule has 0 bridgehead atoms. The third-order valence-corrected chi connectivity index (χ3v) is 3.91. The van der Waals surface area contributed by atoms with Crippen molar-refractivity contribution < 1.29 is 0 Å². The van der Waals surface area contributed by atoms with E-state index in [9.17, 15) is 0 Å². The van der Waals surface area contributed by atoms with Gasteiger partial charge >= 0.3 is 0 Å². The van der Waals surface area contributed by atoms with E-state index >= 15 is 0 Å². The van der Waals surface area contributed by atoms with Gasteiger partial charge in [0.1, 0.15) is 18.0 Å². The highest BCUT2D eigenvalue weighted by Crippen LogP contribution is 2.19. The molecule has 0 spiro atoms. The number of nitrogens with one attached hydrogen (secondary N) is 1. The van der Waals surface area contributed by atoms with E-state index in [2.05, 4.69) is 51.3 Å². The molecule has 118 valence electrons. The molecular weight excluding hydrogens is 288 g/mol. The lowest BCUT2D eigenvalue weighted by Gasteiger charge is -2.27. The van der Waals surface area contributed by atoms with Crippen molar-refractivity contribution in [1.29, 1.82) is 0 Å². The highest BCUT2D eigenvalue weighted by atomic mass is 15.2. The maximum atomic E-state index is 5.70. The van der Waals surface area contributed by atoms with Crippen molar-refractivity contribution in [3.05, 3.63) is 48.8 Å². The number of aromatic nitrogens is 3. The minimum absolute atomic E-state index is 0.296. The molecule has 2 aromatic heterocycles. The van der Waals surface area contributed by atoms with Gasteiger partial charge in [-0.1, -0.05) is 18.2 Å². The lowest BCUT2D eigenvalue weighted by Crippen LogP contribution is -2.34. The lowest BCUT2D eigenvalue weighted by atomic mass is 10.2. The normalized spacial score (nSPS) is 12.1. The minimum Gasteiger partial charge on any atom is -0.384 e. The third-order valence-electron chi connectivity index (χ3n) is 3.91. The Labute approximate surface area is 135 Å². The predicted molar refractivity (Wildman–Crippen MR) is 94.5 cm³/mol. The molecule has 1 aromatic carbocycles. The van der Waals surface area contributed by atoms with Crippen molar-refractivity contribution in [3.8, 4) is 0 Å². The zero-order chi connectivity index (χ0) is 16.2. The van der Waals surface area contributed by atoms with Crippen LogP contribution in [0.3, 0.4) is 0 Å². The predicted octanol–water partition coefficient (Wildman–Crippen LogP) is 2.54. The molecule has 1 atom stereocenters. The minimum atomic E-state index is 0.296. The number of pyridine rings is 1. The van der Waals surface area contributed by atoms with Gasteiger partial charge in [0, 0.05) is 25.3 Å². The molecule has 3 N–H and O–H groups in total. The van der Waals surface area contributed by atoms with Crippen LogP contribution >= 0.6 is 0 Å². The molecule has 23 heavy (non-hydrogen) atoms. The molecule has 0 aliphatic heterocycles. The Morgan fingerprint density at radius 1 is 1.13 bits per heavy atom. The van der Waals surface area contributed by atoms with E-state index < -0.39 is 0 Å². The van der Waals surface area contributed by atoms with Crippen LogP contribution in [-0.2, 0) is 0 Å². The van der Waals surface area contributed by atoms with E-state index in [1.165, 1.54) is 12.0 Å². The number of fused-ring (bicyclic) bond motifs is 1. The fraction of sp³-hybridized carbons (Fsp3) is 0.235. The zero-order valence-electron chi connectivity index (χ0n) is 13.3. The first kappa shape index (κ1) is 15.0. The molecule has 0 radical (unpaired) electrons. The lowest BCUT2D eigenvalue weighted by molar-refractivity contribution is 0.715. The largest absolute Gasteiger partial charge is 0.384 e. The van der Waals surface area contributed by atoms with Crippen molar-refractivity contribution in [2.75, 3.05) is 29.5 Å². The summed E-state index contributed by atoms with van der Waals surface area (Å²) in [7, 11) is 2.09. The van der Waals surface area contributed by atoms with E-state index in [1.54, 1.807) is 6.07 Å². The second-order valence-corrected chi connectivity index (χ2v) is 5.51. The summed E-state index contributed by atoms with van der Waals surface area (Å²) in [5.41, 5.74) is 7.49. The van der Waals surface area contributed by atoms with Gasteiger partial charge in [-0.05, 0) is 31.2 Å². The Balaban J connectivity index is 1.73. The van der Waals surface area contributed by atoms with Gasteiger partial charge in [-0.15, -0.1) is 0 Å². The van der Waals surface area contributed by atoms with E-state index in [0.717, 1.165) is 17.7 Å². The van der Waals surface area contributed by atoms with Gasteiger partial charge in [0.15, 0.2) is 5.65 Å². The second-order valence-electron chi connectivity index (χ2n) is 5.51. The van der Waals surface area contributed by atoms with Crippen LogP contribution in [0.4, 0.5) is 17.3 Å². The number of nitrogen functional groups attached to an aromatic ring is 1. The molecular formula is C17H20N6. The number of nitrogens with two attached hydrogens (primary N) is 1. The molecule has 3 rings (SSSR count). The van der Waals surface area contributed by atoms with E-state index in [4.69, 9.17) is 5.73 Å². The van der Waals surface area contributed by atoms with Gasteiger partial charge in [-0.3, -0.25) is 0 Å². The number of para-hydroxylation sites is 1. The first-order valence-corrected chi connectivity index (χ1v) is 7.54. The van der Waals surface area contributed by atoms with Crippen LogP contribution in [-0.4, -0.2) is 34.6 Å². The summed E-state index contributed by atoms with van der Waals surface area (Å²) in [4.78, 5) is 14.9. The summed E-state index contributed by atoms with van der Waals surface area (Å²) in [6, 6.07) is 14.3. The molecule has 0 fully saturated rings. The summed E-state index contributed by atoms with van der Waals surface area (Å²) in [6.45, 7) is 2.92. The Bertz CT molecular complexity index is 789. The van der Waals surface area contributed by atoms with Crippen molar-refractivity contribution in [1.82, 2.24) is 15.0 Å². The Hall–Kier alpha value is -2.89. The fourth-order valence-electron chi connectivity index (χ4n) is 2.40. The van der Waals surface area contributed by atoms with Crippen LogP contribution in [0, 0.1) is 0 Å². The highest BCUT2D eigenvalue weighted by Gasteiger charge is 2.11. The SMILES string of the molecule is CC(CNc1ncnc2nc(N)ccc12)N(C)c1ccccc1. The smallest absolute Gasteiger partial charge is 0.166 e. The fourth-order valence-corrected chi connectivity index (χ4v) is 2.40. The summed E-state index contributed by atoms with van der Waals surface area (Å²) in [5.74, 6) is 1.23. The van der Waals surface area contributed by atoms with Crippen LogP contribution in [0.15, 0.2) is 48.8 Å². The Morgan fingerprint density at radius 3 is 2.70 bits per heavy atom. The van der Waals surface area contributed by atoms with Crippen LogP contribution in [0.1, 0.15) is 6.92 Å². The number of nitrogens with zero attached hydrogens (tertiary/aromatic N) is 4. The maximum absolute atomic E-state index is 5.70. The number of hydrogen-bond acceptors (Lipinski definition) is 6. The summed E-state index contributed by atoms with van der Waals surface area (Å²) < 4.78 is 0. The molecule has 0 saturated heterocycles. The number of rotatable bonds is 5. The average molecular weight is 308 g/mol. The Kier molecular flexibility index (Phi) is 4.23. The van der Waals surface area contributed by atoms with Gasteiger partial charge in [0.25, 0.3) is 0 Å². The van der Waals surface area contributed by atoms with Gasteiger partial charge in [-0.2, -0.15) is 0 Å². The third kappa shape index (κ3) is 3.31.